The van der Waals surface area contributed by atoms with Gasteiger partial charge in [-0.15, -0.1) is 0 Å². The Morgan fingerprint density at radius 3 is 2.38 bits per heavy atom. The van der Waals surface area contributed by atoms with Gasteiger partial charge in [-0.25, -0.2) is 9.37 Å². The Morgan fingerprint density at radius 1 is 1.27 bits per heavy atom. The van der Waals surface area contributed by atoms with Crippen LogP contribution in [0.3, 0.4) is 0 Å². The zero-order valence-electron chi connectivity index (χ0n) is 13.8. The van der Waals surface area contributed by atoms with Crippen molar-refractivity contribution < 1.29 is 34.1 Å². The molecule has 1 amide bonds. The van der Waals surface area contributed by atoms with Gasteiger partial charge in [-0.05, 0) is 30.7 Å². The number of aryl methyl sites for hydroxylation is 1. The van der Waals surface area contributed by atoms with E-state index in [1.807, 2.05) is 0 Å². The van der Waals surface area contributed by atoms with Crippen LogP contribution in [0.5, 0.6) is 5.75 Å². The predicted molar refractivity (Wildman–Crippen MR) is 88.5 cm³/mol. The summed E-state index contributed by atoms with van der Waals surface area (Å²) in [6, 6.07) is 7.39. The summed E-state index contributed by atoms with van der Waals surface area (Å²) in [5.41, 5.74) is 1.47. The lowest BCUT2D eigenvalue weighted by Crippen LogP contribution is -2.30. The Morgan fingerprint density at radius 2 is 1.85 bits per heavy atom. The zero-order chi connectivity index (χ0) is 19.7. The minimum Gasteiger partial charge on any atom is -0.505 e. The lowest BCUT2D eigenvalue weighted by Gasteiger charge is -2.11. The molecule has 0 unspecified atom stereocenters. The maximum Gasteiger partial charge on any atom is 0.322 e. The van der Waals surface area contributed by atoms with Crippen molar-refractivity contribution in [3.8, 4) is 5.75 Å². The highest BCUT2D eigenvalue weighted by atomic mass is 19.1. The average Bonchev–Trinajstić information content (AvgIpc) is 2.58. The molecule has 1 aromatic carbocycles. The van der Waals surface area contributed by atoms with Gasteiger partial charge in [0.2, 0.25) is 0 Å². The van der Waals surface area contributed by atoms with Gasteiger partial charge in [0.15, 0.2) is 5.69 Å². The number of hydrogen-bond acceptors (Lipinski definition) is 5. The topological polar surface area (TPSA) is 137 Å². The Labute approximate surface area is 147 Å². The van der Waals surface area contributed by atoms with E-state index in [0.29, 0.717) is 11.3 Å². The van der Waals surface area contributed by atoms with E-state index in [4.69, 9.17) is 15.0 Å². The first kappa shape index (κ1) is 20.6. The van der Waals surface area contributed by atoms with Gasteiger partial charge in [0.25, 0.3) is 12.4 Å². The first-order chi connectivity index (χ1) is 12.3. The molecule has 9 heteroatoms. The van der Waals surface area contributed by atoms with Crippen LogP contribution >= 0.6 is 0 Å². The average molecular weight is 364 g/mol. The van der Waals surface area contributed by atoms with Gasteiger partial charge in [-0.3, -0.25) is 14.4 Å². The summed E-state index contributed by atoms with van der Waals surface area (Å²) in [5, 5.41) is 27.8. The summed E-state index contributed by atoms with van der Waals surface area (Å²) < 4.78 is 12.9. The van der Waals surface area contributed by atoms with Gasteiger partial charge in [-0.2, -0.15) is 0 Å². The van der Waals surface area contributed by atoms with Crippen molar-refractivity contribution in [3.05, 3.63) is 58.7 Å². The largest absolute Gasteiger partial charge is 0.505 e. The summed E-state index contributed by atoms with van der Waals surface area (Å²) in [7, 11) is 0. The number of carbonyl (C=O) groups excluding carboxylic acids is 1. The molecule has 0 aliphatic carbocycles. The van der Waals surface area contributed by atoms with Crippen LogP contribution in [0.25, 0.3) is 0 Å². The van der Waals surface area contributed by atoms with Crippen molar-refractivity contribution in [1.29, 1.82) is 0 Å². The number of aliphatic carboxylic acids is 1. The lowest BCUT2D eigenvalue weighted by molar-refractivity contribution is -0.135. The lowest BCUT2D eigenvalue weighted by atomic mass is 10.0. The van der Waals surface area contributed by atoms with Crippen LogP contribution in [0.2, 0.25) is 0 Å². The number of rotatable bonds is 5. The molecule has 2 aromatic rings. The Balaban J connectivity index is 0.00000105. The van der Waals surface area contributed by atoms with Crippen molar-refractivity contribution in [3.63, 3.8) is 0 Å². The molecular formula is C17H17FN2O6. The first-order valence-electron chi connectivity index (χ1n) is 7.30. The van der Waals surface area contributed by atoms with Gasteiger partial charge in [0.1, 0.15) is 18.1 Å². The third kappa shape index (κ3) is 6.19. The summed E-state index contributed by atoms with van der Waals surface area (Å²) in [6.07, 6.45) is 0.286. The summed E-state index contributed by atoms with van der Waals surface area (Å²) in [6.45, 7) is 0.836. The van der Waals surface area contributed by atoms with Gasteiger partial charge in [-0.1, -0.05) is 12.1 Å². The number of hydrogen-bond donors (Lipinski definition) is 4. The molecule has 1 aromatic heterocycles. The maximum atomic E-state index is 12.9. The monoisotopic (exact) mass is 364 g/mol. The van der Waals surface area contributed by atoms with Crippen LogP contribution in [0.1, 0.15) is 27.3 Å². The number of nitrogens with zero attached hydrogens (tertiary/aromatic N) is 1. The molecule has 8 nitrogen and oxygen atoms in total. The van der Waals surface area contributed by atoms with Crippen molar-refractivity contribution in [1.82, 2.24) is 10.3 Å². The highest BCUT2D eigenvalue weighted by Crippen LogP contribution is 2.25. The Bertz CT molecular complexity index is 793. The van der Waals surface area contributed by atoms with E-state index >= 15 is 0 Å². The molecule has 0 atom stereocenters. The molecule has 26 heavy (non-hydrogen) atoms. The van der Waals surface area contributed by atoms with Crippen LogP contribution in [0.15, 0.2) is 30.3 Å². The number of aromatic nitrogens is 1. The van der Waals surface area contributed by atoms with E-state index in [9.17, 15) is 19.1 Å². The van der Waals surface area contributed by atoms with Crippen molar-refractivity contribution in [2.45, 2.75) is 13.3 Å². The van der Waals surface area contributed by atoms with E-state index in [-0.39, 0.29) is 30.2 Å². The maximum absolute atomic E-state index is 12.9. The molecule has 1 heterocycles. The molecular weight excluding hydrogens is 347 g/mol. The molecule has 0 spiro atoms. The zero-order valence-corrected chi connectivity index (χ0v) is 13.8. The number of carboxylic acid groups (broad SMARTS) is 2. The number of carboxylic acids is 1. The van der Waals surface area contributed by atoms with Gasteiger partial charge < -0.3 is 20.6 Å². The van der Waals surface area contributed by atoms with E-state index in [2.05, 4.69) is 10.3 Å². The van der Waals surface area contributed by atoms with Gasteiger partial charge in [0.05, 0.1) is 0 Å². The number of halogens is 1. The second-order valence-corrected chi connectivity index (χ2v) is 5.11. The van der Waals surface area contributed by atoms with Crippen molar-refractivity contribution >= 4 is 18.3 Å². The number of carbonyl (C=O) groups is 3. The molecule has 0 aliphatic rings. The summed E-state index contributed by atoms with van der Waals surface area (Å²) >= 11 is 0. The van der Waals surface area contributed by atoms with E-state index in [1.165, 1.54) is 12.1 Å². The summed E-state index contributed by atoms with van der Waals surface area (Å²) in [5.74, 6) is -2.65. The normalized spacial score (nSPS) is 9.62. The fourth-order valence-corrected chi connectivity index (χ4v) is 2.09. The number of amides is 1. The highest BCUT2D eigenvalue weighted by molar-refractivity contribution is 5.96. The number of pyridine rings is 1. The Kier molecular flexibility index (Phi) is 7.68. The summed E-state index contributed by atoms with van der Waals surface area (Å²) in [4.78, 5) is 34.7. The second-order valence-electron chi connectivity index (χ2n) is 5.11. The van der Waals surface area contributed by atoms with Gasteiger partial charge in [0, 0.05) is 17.7 Å². The predicted octanol–water partition coefficient (Wildman–Crippen LogP) is 1.34. The molecule has 0 saturated heterocycles. The fraction of sp³-hybridized carbons (Fsp3) is 0.176. The number of nitrogens with one attached hydrogen (secondary N) is 1. The van der Waals surface area contributed by atoms with Crippen molar-refractivity contribution in [2.75, 3.05) is 6.54 Å². The molecule has 4 N–H and O–H groups in total. The van der Waals surface area contributed by atoms with Crippen molar-refractivity contribution in [2.24, 2.45) is 0 Å². The van der Waals surface area contributed by atoms with Crippen LogP contribution < -0.4 is 5.32 Å². The molecule has 2 rings (SSSR count). The number of aromatic hydroxyl groups is 1. The van der Waals surface area contributed by atoms with Crippen LogP contribution in [0, 0.1) is 12.7 Å². The van der Waals surface area contributed by atoms with Crippen LogP contribution in [-0.4, -0.2) is 45.2 Å². The van der Waals surface area contributed by atoms with E-state index in [0.717, 1.165) is 5.56 Å². The van der Waals surface area contributed by atoms with E-state index < -0.39 is 18.4 Å². The molecule has 138 valence electrons. The molecule has 0 radical (unpaired) electrons. The smallest absolute Gasteiger partial charge is 0.322 e. The SMILES string of the molecule is Cc1cc(Cc2ccc(F)cc2)c(O)c(C(=O)NCC(=O)O)n1.O=CO. The minimum absolute atomic E-state index is 0.233. The number of benzene rings is 1. The quantitative estimate of drug-likeness (QED) is 0.588. The van der Waals surface area contributed by atoms with E-state index in [1.54, 1.807) is 25.1 Å². The highest BCUT2D eigenvalue weighted by Gasteiger charge is 2.18. The first-order valence-corrected chi connectivity index (χ1v) is 7.30. The second kappa shape index (κ2) is 9.72. The molecule has 0 bridgehead atoms. The molecule has 0 fully saturated rings. The van der Waals surface area contributed by atoms with Crippen LogP contribution in [0.4, 0.5) is 4.39 Å². The molecule has 0 aliphatic heterocycles. The molecule has 0 saturated carbocycles. The Hall–Kier alpha value is -3.49. The van der Waals surface area contributed by atoms with Gasteiger partial charge >= 0.3 is 5.97 Å². The third-order valence-corrected chi connectivity index (χ3v) is 3.12. The standard InChI is InChI=1S/C16H15FN2O4.CH2O2/c1-9-6-11(7-10-2-4-12(17)5-3-10)15(22)14(19-9)16(23)18-8-13(20)21;2-1-3/h2-6,22H,7-8H2,1H3,(H,18,23)(H,20,21);1H,(H,2,3). The third-order valence-electron chi connectivity index (χ3n) is 3.12. The fourth-order valence-electron chi connectivity index (χ4n) is 2.09. The minimum atomic E-state index is -1.20. The van der Waals surface area contributed by atoms with Crippen LogP contribution in [-0.2, 0) is 16.0 Å².